The van der Waals surface area contributed by atoms with Gasteiger partial charge in [-0.25, -0.2) is 4.79 Å². The summed E-state index contributed by atoms with van der Waals surface area (Å²) in [6, 6.07) is 5.73. The van der Waals surface area contributed by atoms with Gasteiger partial charge in [0.25, 0.3) is 0 Å². The number of anilines is 2. The minimum Gasteiger partial charge on any atom is -0.444 e. The molecule has 0 radical (unpaired) electrons. The van der Waals surface area contributed by atoms with Crippen molar-refractivity contribution in [1.82, 2.24) is 0 Å². The van der Waals surface area contributed by atoms with Crippen LogP contribution in [0.25, 0.3) is 0 Å². The third-order valence-electron chi connectivity index (χ3n) is 5.97. The van der Waals surface area contributed by atoms with Crippen LogP contribution in [-0.2, 0) is 14.0 Å². The first-order valence-corrected chi connectivity index (χ1v) is 14.1. The van der Waals surface area contributed by atoms with Gasteiger partial charge in [0.05, 0.1) is 18.0 Å². The van der Waals surface area contributed by atoms with Crippen LogP contribution < -0.4 is 10.2 Å². The molecule has 2 aliphatic rings. The van der Waals surface area contributed by atoms with Crippen LogP contribution in [0.4, 0.5) is 16.2 Å². The summed E-state index contributed by atoms with van der Waals surface area (Å²) in [6.07, 6.45) is 2.36. The van der Waals surface area contributed by atoms with Crippen LogP contribution >= 0.6 is 11.8 Å². The van der Waals surface area contributed by atoms with Gasteiger partial charge in [-0.15, -0.1) is 11.8 Å². The molecule has 0 aromatic heterocycles. The summed E-state index contributed by atoms with van der Waals surface area (Å²) in [6.45, 7) is 12.6. The van der Waals surface area contributed by atoms with Gasteiger partial charge in [-0.1, -0.05) is 20.8 Å². The van der Waals surface area contributed by atoms with Gasteiger partial charge in [-0.05, 0) is 55.6 Å². The molecule has 1 aromatic rings. The van der Waals surface area contributed by atoms with Gasteiger partial charge in [0, 0.05) is 17.2 Å². The summed E-state index contributed by atoms with van der Waals surface area (Å²) in [7, 11) is -1.69. The van der Waals surface area contributed by atoms with E-state index in [0.717, 1.165) is 42.1 Å². The van der Waals surface area contributed by atoms with Crippen molar-refractivity contribution in [3.05, 3.63) is 18.2 Å². The van der Waals surface area contributed by atoms with E-state index in [0.29, 0.717) is 12.3 Å². The van der Waals surface area contributed by atoms with Crippen LogP contribution in [0.5, 0.6) is 0 Å². The average molecular weight is 437 g/mol. The highest BCUT2D eigenvalue weighted by Gasteiger charge is 2.37. The summed E-state index contributed by atoms with van der Waals surface area (Å²) in [4.78, 5) is 26.6. The quantitative estimate of drug-likeness (QED) is 0.467. The highest BCUT2D eigenvalue weighted by atomic mass is 32.2. The smallest absolute Gasteiger partial charge is 0.414 e. The monoisotopic (exact) mass is 436 g/mol. The predicted octanol–water partition coefficient (Wildman–Crippen LogP) is 5.25. The maximum atomic E-state index is 12.3. The van der Waals surface area contributed by atoms with Crippen LogP contribution in [0.1, 0.15) is 40.0 Å². The fraction of sp³-hybridized carbons (Fsp3) is 0.619. The lowest BCUT2D eigenvalue weighted by atomic mass is 10.1. The fourth-order valence-electron chi connectivity index (χ4n) is 3.14. The highest BCUT2D eigenvalue weighted by Crippen LogP contribution is 2.37. The second kappa shape index (κ2) is 8.69. The number of fused-ring (bicyclic) bond motifs is 1. The third-order valence-corrected chi connectivity index (χ3v) is 11.6. The third kappa shape index (κ3) is 5.35. The van der Waals surface area contributed by atoms with Gasteiger partial charge in [0.1, 0.15) is 6.10 Å². The molecule has 160 valence electrons. The Morgan fingerprint density at radius 3 is 2.76 bits per heavy atom. The molecule has 0 spiro atoms. The Bertz CT molecular complexity index is 778. The number of unbranched alkanes of at least 4 members (excludes halogenated alkanes) is 1. The van der Waals surface area contributed by atoms with Crippen molar-refractivity contribution >= 4 is 43.5 Å². The second-order valence-corrected chi connectivity index (χ2v) is 15.1. The van der Waals surface area contributed by atoms with Gasteiger partial charge in [-0.3, -0.25) is 9.69 Å². The number of hydrogen-bond donors (Lipinski definition) is 1. The molecule has 2 aliphatic heterocycles. The maximum absolute atomic E-state index is 12.3. The van der Waals surface area contributed by atoms with Crippen molar-refractivity contribution < 1.29 is 18.8 Å². The van der Waals surface area contributed by atoms with E-state index < -0.39 is 8.32 Å². The van der Waals surface area contributed by atoms with Gasteiger partial charge in [0.15, 0.2) is 8.32 Å². The largest absolute Gasteiger partial charge is 0.444 e. The average Bonchev–Trinajstić information content (AvgIpc) is 3.00. The van der Waals surface area contributed by atoms with Crippen LogP contribution in [0.2, 0.25) is 18.1 Å². The zero-order valence-electron chi connectivity index (χ0n) is 18.0. The van der Waals surface area contributed by atoms with Crippen LogP contribution in [0.3, 0.4) is 0 Å². The molecule has 2 amide bonds. The Labute approximate surface area is 178 Å². The van der Waals surface area contributed by atoms with E-state index in [4.69, 9.17) is 9.16 Å². The molecular formula is C21H32N2O4SSi. The molecule has 8 heteroatoms. The number of thioether (sulfide) groups is 1. The van der Waals surface area contributed by atoms with E-state index in [1.54, 1.807) is 4.90 Å². The molecule has 0 aliphatic carbocycles. The first-order valence-electron chi connectivity index (χ1n) is 10.3. The Kier molecular flexibility index (Phi) is 6.65. The summed E-state index contributed by atoms with van der Waals surface area (Å²) in [5.41, 5.74) is 1.53. The van der Waals surface area contributed by atoms with Gasteiger partial charge in [0.2, 0.25) is 5.91 Å². The molecule has 1 saturated heterocycles. The van der Waals surface area contributed by atoms with Crippen molar-refractivity contribution in [2.24, 2.45) is 0 Å². The number of cyclic esters (lactones) is 1. The van der Waals surface area contributed by atoms with Crippen molar-refractivity contribution in [2.75, 3.05) is 29.1 Å². The summed E-state index contributed by atoms with van der Waals surface area (Å²) in [5, 5.41) is 3.10. The van der Waals surface area contributed by atoms with Gasteiger partial charge < -0.3 is 14.5 Å². The minimum atomic E-state index is -1.69. The first-order chi connectivity index (χ1) is 13.6. The number of ether oxygens (including phenoxy) is 1. The number of amides is 2. The SMILES string of the molecule is CC(C)(C)[Si](C)(C)OCCCCC1CN(c2ccc3c(c2)NC(=O)CS3)C(=O)O1. The predicted molar refractivity (Wildman–Crippen MR) is 120 cm³/mol. The molecule has 1 unspecified atom stereocenters. The number of carbonyl (C=O) groups is 2. The molecule has 1 N–H and O–H groups in total. The van der Waals surface area contributed by atoms with E-state index in [9.17, 15) is 9.59 Å². The molecule has 0 bridgehead atoms. The Morgan fingerprint density at radius 1 is 1.28 bits per heavy atom. The molecule has 1 atom stereocenters. The molecular weight excluding hydrogens is 404 g/mol. The first kappa shape index (κ1) is 22.2. The standard InChI is InChI=1S/C21H32N2O4SSi/c1-21(2,3)29(4,5)26-11-7-6-8-16-13-23(20(25)27-16)15-9-10-18-17(12-15)22-19(24)14-28-18/h9-10,12,16H,6-8,11,13-14H2,1-5H3,(H,22,24). The summed E-state index contributed by atoms with van der Waals surface area (Å²) >= 11 is 1.51. The summed E-state index contributed by atoms with van der Waals surface area (Å²) < 4.78 is 11.8. The van der Waals surface area contributed by atoms with E-state index in [1.165, 1.54) is 11.8 Å². The molecule has 3 rings (SSSR count). The van der Waals surface area contributed by atoms with Crippen molar-refractivity contribution in [3.63, 3.8) is 0 Å². The molecule has 0 saturated carbocycles. The Hall–Kier alpha value is -1.51. The lowest BCUT2D eigenvalue weighted by molar-refractivity contribution is -0.113. The van der Waals surface area contributed by atoms with Crippen molar-refractivity contribution in [1.29, 1.82) is 0 Å². The number of rotatable bonds is 7. The normalized spacial score (nSPS) is 19.8. The molecule has 2 heterocycles. The van der Waals surface area contributed by atoms with Crippen LogP contribution in [-0.4, -0.2) is 45.3 Å². The van der Waals surface area contributed by atoms with Crippen LogP contribution in [0, 0.1) is 0 Å². The lowest BCUT2D eigenvalue weighted by Crippen LogP contribution is -2.40. The molecule has 1 aromatic carbocycles. The van der Waals surface area contributed by atoms with E-state index in [2.05, 4.69) is 39.2 Å². The van der Waals surface area contributed by atoms with Crippen molar-refractivity contribution in [2.45, 2.75) is 69.2 Å². The van der Waals surface area contributed by atoms with E-state index in [-0.39, 0.29) is 23.1 Å². The number of carbonyl (C=O) groups excluding carboxylic acids is 2. The zero-order valence-corrected chi connectivity index (χ0v) is 19.9. The van der Waals surface area contributed by atoms with Gasteiger partial charge >= 0.3 is 6.09 Å². The van der Waals surface area contributed by atoms with Crippen LogP contribution in [0.15, 0.2) is 23.1 Å². The molecule has 6 nitrogen and oxygen atoms in total. The Balaban J connectivity index is 1.47. The maximum Gasteiger partial charge on any atom is 0.414 e. The number of benzene rings is 1. The highest BCUT2D eigenvalue weighted by molar-refractivity contribution is 8.00. The fourth-order valence-corrected chi connectivity index (χ4v) is 5.02. The topological polar surface area (TPSA) is 67.9 Å². The Morgan fingerprint density at radius 2 is 2.03 bits per heavy atom. The van der Waals surface area contributed by atoms with E-state index in [1.807, 2.05) is 18.2 Å². The van der Waals surface area contributed by atoms with E-state index >= 15 is 0 Å². The molecule has 29 heavy (non-hydrogen) atoms. The van der Waals surface area contributed by atoms with Gasteiger partial charge in [-0.2, -0.15) is 0 Å². The number of hydrogen-bond acceptors (Lipinski definition) is 5. The number of nitrogens with zero attached hydrogens (tertiary/aromatic N) is 1. The second-order valence-electron chi connectivity index (χ2n) is 9.24. The number of nitrogens with one attached hydrogen (secondary N) is 1. The lowest BCUT2D eigenvalue weighted by Gasteiger charge is -2.36. The summed E-state index contributed by atoms with van der Waals surface area (Å²) in [5.74, 6) is 0.417. The molecule has 1 fully saturated rings. The minimum absolute atomic E-state index is 0.0126. The zero-order chi connectivity index (χ0) is 21.2. The van der Waals surface area contributed by atoms with Crippen molar-refractivity contribution in [3.8, 4) is 0 Å².